The van der Waals surface area contributed by atoms with Crippen LogP contribution in [0.4, 0.5) is 9.59 Å². The summed E-state index contributed by atoms with van der Waals surface area (Å²) in [5.74, 6) is 1.55. The molecule has 5 heterocycles. The van der Waals surface area contributed by atoms with Crippen molar-refractivity contribution < 1.29 is 33.4 Å². The number of aromatic amines is 2. The molecule has 65 heavy (non-hydrogen) atoms. The highest BCUT2D eigenvalue weighted by molar-refractivity contribution is 6.07. The van der Waals surface area contributed by atoms with Gasteiger partial charge in [-0.25, -0.2) is 19.6 Å². The number of alkyl carbamates (subject to hydrolysis) is 2. The third-order valence-corrected chi connectivity index (χ3v) is 13.1. The van der Waals surface area contributed by atoms with E-state index in [1.54, 1.807) is 20.8 Å². The number of carbonyl (C=O) groups excluding carboxylic acids is 4. The Kier molecular flexibility index (Phi) is 11.7. The molecule has 15 heteroatoms. The Morgan fingerprint density at radius 1 is 0.908 bits per heavy atom. The van der Waals surface area contributed by atoms with E-state index < -0.39 is 29.9 Å². The van der Waals surface area contributed by atoms with Gasteiger partial charge in [0.15, 0.2) is 0 Å². The number of imidazole rings is 2. The summed E-state index contributed by atoms with van der Waals surface area (Å²) in [6.07, 6.45) is 12.2. The first-order valence-electron chi connectivity index (χ1n) is 22.7. The average molecular weight is 883 g/mol. The zero-order chi connectivity index (χ0) is 45.7. The molecule has 2 saturated heterocycles. The van der Waals surface area contributed by atoms with Gasteiger partial charge in [-0.2, -0.15) is 0 Å². The monoisotopic (exact) mass is 882 g/mol. The van der Waals surface area contributed by atoms with E-state index in [1.807, 2.05) is 67.1 Å². The number of fused-ring (bicyclic) bond motifs is 6. The Morgan fingerprint density at radius 3 is 2.49 bits per heavy atom. The fourth-order valence-corrected chi connectivity index (χ4v) is 9.90. The number of methoxy groups -OCH3 is 1. The van der Waals surface area contributed by atoms with Crippen molar-refractivity contribution in [3.05, 3.63) is 90.2 Å². The lowest BCUT2D eigenvalue weighted by atomic mass is 9.91. The van der Waals surface area contributed by atoms with Gasteiger partial charge in [-0.3, -0.25) is 9.59 Å². The van der Waals surface area contributed by atoms with Gasteiger partial charge in [0.05, 0.1) is 42.1 Å². The van der Waals surface area contributed by atoms with Crippen molar-refractivity contribution >= 4 is 45.8 Å². The number of amides is 4. The minimum absolute atomic E-state index is 0.0187. The lowest BCUT2D eigenvalue weighted by molar-refractivity contribution is -0.137. The Labute approximate surface area is 378 Å². The van der Waals surface area contributed by atoms with E-state index in [4.69, 9.17) is 24.2 Å². The van der Waals surface area contributed by atoms with Crippen molar-refractivity contribution in [2.75, 3.05) is 13.7 Å². The highest BCUT2D eigenvalue weighted by atomic mass is 16.6. The van der Waals surface area contributed by atoms with Crippen molar-refractivity contribution in [2.45, 2.75) is 116 Å². The summed E-state index contributed by atoms with van der Waals surface area (Å²) in [6, 6.07) is 12.6. The molecule has 0 saturated carbocycles. The van der Waals surface area contributed by atoms with Crippen LogP contribution in [0.2, 0.25) is 0 Å². The maximum atomic E-state index is 14.4. The van der Waals surface area contributed by atoms with E-state index >= 15 is 0 Å². The Balaban J connectivity index is 0.952. The summed E-state index contributed by atoms with van der Waals surface area (Å²) in [4.78, 5) is 74.1. The van der Waals surface area contributed by atoms with Crippen LogP contribution in [0.5, 0.6) is 5.75 Å². The quantitative estimate of drug-likeness (QED) is 0.112. The Bertz CT molecular complexity index is 2730. The number of likely N-dealkylation sites (tertiary alicyclic amines) is 2. The standard InChI is InChI=1S/C50H58N8O7/c1-27(2)41(55-48(61)63-7)47(60)58-28(3)15-20-39(58)44-51-25-37(53-44)31-16-18-33-32(22-31)26-64-40-24-34-30(23-35(33)40)17-19-36-43(34)54-45(52-36)38-14-11-21-57(38)46(59)42(29-12-9-8-10-13-29)56-49(62)65-50(4,5)6/h8-10,12,16-19,22-25,27-29,38-39,41-42H,11,13-15,20-21,26H2,1-7H3,(H,51,53)(H,52,54)(H,55,61)(H,56,62)/t28-,29?,38-,39-,41-,42+/m0/s1. The highest BCUT2D eigenvalue weighted by Crippen LogP contribution is 2.44. The summed E-state index contributed by atoms with van der Waals surface area (Å²) in [5, 5.41) is 7.63. The molecule has 5 aromatic rings. The number of nitrogens with zero attached hydrogens (tertiary/aromatic N) is 4. The molecule has 4 aliphatic rings. The number of H-pyrrole nitrogens is 2. The average Bonchev–Trinajstić information content (AvgIpc) is 4.12. The fourth-order valence-electron chi connectivity index (χ4n) is 9.90. The van der Waals surface area contributed by atoms with Gasteiger partial charge in [-0.15, -0.1) is 0 Å². The molecule has 2 aromatic heterocycles. The molecule has 1 unspecified atom stereocenters. The third kappa shape index (κ3) is 8.55. The molecular formula is C50H58N8O7. The second-order valence-corrected chi connectivity index (χ2v) is 19.1. The number of allylic oxidation sites excluding steroid dienone is 3. The van der Waals surface area contributed by atoms with Gasteiger partial charge in [0.2, 0.25) is 11.8 Å². The number of hydrogen-bond acceptors (Lipinski definition) is 9. The molecule has 9 rings (SSSR count). The van der Waals surface area contributed by atoms with Crippen LogP contribution < -0.4 is 15.4 Å². The van der Waals surface area contributed by atoms with Crippen molar-refractivity contribution in [1.29, 1.82) is 0 Å². The first kappa shape index (κ1) is 43.6. The number of benzene rings is 3. The number of nitrogens with one attached hydrogen (secondary N) is 4. The second-order valence-electron chi connectivity index (χ2n) is 19.1. The van der Waals surface area contributed by atoms with Crippen molar-refractivity contribution in [2.24, 2.45) is 11.8 Å². The van der Waals surface area contributed by atoms with Gasteiger partial charge in [0.25, 0.3) is 0 Å². The van der Waals surface area contributed by atoms with Gasteiger partial charge in [-0.1, -0.05) is 56.4 Å². The normalized spacial score (nSPS) is 21.2. The molecule has 4 amide bonds. The van der Waals surface area contributed by atoms with E-state index in [0.29, 0.717) is 31.2 Å². The number of aromatic nitrogens is 4. The van der Waals surface area contributed by atoms with E-state index in [1.165, 1.54) is 7.11 Å². The highest BCUT2D eigenvalue weighted by Gasteiger charge is 2.42. The molecule has 3 aromatic carbocycles. The SMILES string of the molecule is COC(=O)N[C@H](C(=O)N1[C@@H](C)CC[C@H]1c1ncc(-c2ccc3c(c2)COc2cc4c(ccc5nc([C@@H]6CCCN6C(=O)[C@H](NC(=O)OC(C)(C)C)C6C=CC=CC6)[nH]c54)cc2-3)[nH]1)C(C)C. The van der Waals surface area contributed by atoms with Gasteiger partial charge >= 0.3 is 12.2 Å². The number of ether oxygens (including phenoxy) is 3. The van der Waals surface area contributed by atoms with E-state index in [-0.39, 0.29) is 41.8 Å². The molecule has 6 atom stereocenters. The fraction of sp³-hybridized carbons (Fsp3) is 0.440. The molecule has 4 N–H and O–H groups in total. The molecule has 340 valence electrons. The zero-order valence-electron chi connectivity index (χ0n) is 38.1. The largest absolute Gasteiger partial charge is 0.488 e. The predicted molar refractivity (Wildman–Crippen MR) is 247 cm³/mol. The molecule has 15 nitrogen and oxygen atoms in total. The van der Waals surface area contributed by atoms with E-state index in [2.05, 4.69) is 57.0 Å². The first-order chi connectivity index (χ1) is 31.2. The van der Waals surface area contributed by atoms with Crippen molar-refractivity contribution in [3.8, 4) is 28.1 Å². The molecule has 2 fully saturated rings. The molecule has 3 aliphatic heterocycles. The van der Waals surface area contributed by atoms with Crippen LogP contribution in [0.25, 0.3) is 44.2 Å². The number of hydrogen-bond donors (Lipinski definition) is 4. The first-order valence-corrected chi connectivity index (χ1v) is 22.7. The smallest absolute Gasteiger partial charge is 0.408 e. The zero-order valence-corrected chi connectivity index (χ0v) is 38.1. The number of rotatable bonds is 9. The third-order valence-electron chi connectivity index (χ3n) is 13.1. The van der Waals surface area contributed by atoms with Crippen LogP contribution >= 0.6 is 0 Å². The van der Waals surface area contributed by atoms with Gasteiger partial charge in [0.1, 0.15) is 41.7 Å². The van der Waals surface area contributed by atoms with Gasteiger partial charge in [0, 0.05) is 29.5 Å². The molecule has 0 bridgehead atoms. The van der Waals surface area contributed by atoms with Crippen molar-refractivity contribution in [1.82, 2.24) is 40.4 Å². The lowest BCUT2D eigenvalue weighted by Crippen LogP contribution is -2.52. The van der Waals surface area contributed by atoms with Crippen LogP contribution in [0.15, 0.2) is 73.0 Å². The lowest BCUT2D eigenvalue weighted by Gasteiger charge is -2.32. The topological polar surface area (TPSA) is 184 Å². The van der Waals surface area contributed by atoms with Crippen molar-refractivity contribution in [3.63, 3.8) is 0 Å². The minimum Gasteiger partial charge on any atom is -0.488 e. The second kappa shape index (κ2) is 17.4. The summed E-state index contributed by atoms with van der Waals surface area (Å²) in [5.41, 5.74) is 5.88. The molecule has 0 spiro atoms. The van der Waals surface area contributed by atoms with Gasteiger partial charge < -0.3 is 44.6 Å². The van der Waals surface area contributed by atoms with Gasteiger partial charge in [-0.05, 0) is 112 Å². The van der Waals surface area contributed by atoms with Crippen LogP contribution in [0.3, 0.4) is 0 Å². The van der Waals surface area contributed by atoms with E-state index in [9.17, 15) is 19.2 Å². The molecule has 0 radical (unpaired) electrons. The van der Waals surface area contributed by atoms with Crippen LogP contribution in [0.1, 0.15) is 103 Å². The number of carbonyl (C=O) groups is 4. The maximum absolute atomic E-state index is 14.4. The molecule has 1 aliphatic carbocycles. The Morgan fingerprint density at radius 2 is 1.74 bits per heavy atom. The van der Waals surface area contributed by atoms with E-state index in [0.717, 1.165) is 81.2 Å². The van der Waals surface area contributed by atoms with Crippen LogP contribution in [-0.2, 0) is 25.7 Å². The summed E-state index contributed by atoms with van der Waals surface area (Å²) in [7, 11) is 1.29. The van der Waals surface area contributed by atoms with Crippen LogP contribution in [-0.4, -0.2) is 91.1 Å². The Hall–Kier alpha value is -6.64. The minimum atomic E-state index is -0.789. The summed E-state index contributed by atoms with van der Waals surface area (Å²) >= 11 is 0. The summed E-state index contributed by atoms with van der Waals surface area (Å²) < 4.78 is 16.9. The molecular weight excluding hydrogens is 825 g/mol. The predicted octanol–water partition coefficient (Wildman–Crippen LogP) is 8.79. The maximum Gasteiger partial charge on any atom is 0.408 e. The van der Waals surface area contributed by atoms with Crippen LogP contribution in [0, 0.1) is 11.8 Å². The summed E-state index contributed by atoms with van der Waals surface area (Å²) in [6.45, 7) is 12.2.